The summed E-state index contributed by atoms with van der Waals surface area (Å²) in [6.45, 7) is 3.03. The number of amides is 1. The number of carbonyl (C=O) groups excluding carboxylic acids is 1. The number of aliphatic hydroxyl groups excluding tert-OH is 1. The van der Waals surface area contributed by atoms with E-state index in [1.807, 2.05) is 23.1 Å². The average Bonchev–Trinajstić information content (AvgIpc) is 3.24. The fraction of sp³-hybridized carbons (Fsp3) is 0.450. The number of furan rings is 1. The minimum atomic E-state index is -0.0403. The van der Waals surface area contributed by atoms with E-state index >= 15 is 0 Å². The van der Waals surface area contributed by atoms with Gasteiger partial charge in [0.25, 0.3) is 5.91 Å². The summed E-state index contributed by atoms with van der Waals surface area (Å²) in [5.74, 6) is 1.34. The van der Waals surface area contributed by atoms with E-state index in [2.05, 4.69) is 0 Å². The fourth-order valence-electron chi connectivity index (χ4n) is 4.09. The molecule has 1 aromatic heterocycles. The van der Waals surface area contributed by atoms with Crippen LogP contribution in [-0.4, -0.2) is 47.8 Å². The molecule has 1 amide bonds. The van der Waals surface area contributed by atoms with Crippen molar-refractivity contribution in [3.8, 4) is 11.3 Å². The van der Waals surface area contributed by atoms with Crippen LogP contribution in [-0.2, 0) is 4.74 Å². The first-order valence-electron chi connectivity index (χ1n) is 8.97. The molecule has 1 N–H and O–H groups in total. The summed E-state index contributed by atoms with van der Waals surface area (Å²) in [5, 5.41) is 10.1. The van der Waals surface area contributed by atoms with Crippen molar-refractivity contribution in [1.29, 1.82) is 0 Å². The molecule has 1 aromatic carbocycles. The number of benzene rings is 1. The van der Waals surface area contributed by atoms with Crippen LogP contribution in [0.5, 0.6) is 0 Å². The molecule has 0 unspecified atom stereocenters. The Morgan fingerprint density at radius 2 is 2.15 bits per heavy atom. The van der Waals surface area contributed by atoms with Gasteiger partial charge in [0, 0.05) is 18.7 Å². The maximum Gasteiger partial charge on any atom is 0.257 e. The van der Waals surface area contributed by atoms with Gasteiger partial charge in [0.05, 0.1) is 29.3 Å². The number of aryl methyl sites for hydroxylation is 1. The molecule has 1 aliphatic carbocycles. The van der Waals surface area contributed by atoms with Gasteiger partial charge in [-0.3, -0.25) is 4.79 Å². The number of hydrogen-bond acceptors (Lipinski definition) is 4. The maximum atomic E-state index is 13.2. The molecule has 2 aromatic rings. The number of fused-ring (bicyclic) bond motifs is 1. The molecule has 138 valence electrons. The zero-order valence-electron chi connectivity index (χ0n) is 14.7. The number of ether oxygens (including phenoxy) is 1. The molecule has 5 nitrogen and oxygen atoms in total. The number of aliphatic hydroxyl groups is 1. The van der Waals surface area contributed by atoms with Crippen molar-refractivity contribution in [3.05, 3.63) is 46.7 Å². The molecule has 4 rings (SSSR count). The molecule has 0 bridgehead atoms. The van der Waals surface area contributed by atoms with E-state index in [1.165, 1.54) is 0 Å². The van der Waals surface area contributed by atoms with E-state index in [4.69, 9.17) is 20.8 Å². The Kier molecular flexibility index (Phi) is 4.78. The third-order valence-corrected chi connectivity index (χ3v) is 5.77. The summed E-state index contributed by atoms with van der Waals surface area (Å²) in [7, 11) is 0. The van der Waals surface area contributed by atoms with Crippen LogP contribution in [0.3, 0.4) is 0 Å². The molecular weight excluding hydrogens is 354 g/mol. The van der Waals surface area contributed by atoms with Gasteiger partial charge >= 0.3 is 0 Å². The van der Waals surface area contributed by atoms with Crippen molar-refractivity contribution in [2.24, 2.45) is 5.92 Å². The number of morpholine rings is 1. The monoisotopic (exact) mass is 375 g/mol. The zero-order chi connectivity index (χ0) is 18.3. The maximum absolute atomic E-state index is 13.2. The van der Waals surface area contributed by atoms with Crippen LogP contribution in [0.1, 0.15) is 29.0 Å². The minimum Gasteiger partial charge on any atom is -0.460 e. The third-order valence-electron chi connectivity index (χ3n) is 5.44. The second-order valence-electron chi connectivity index (χ2n) is 7.06. The summed E-state index contributed by atoms with van der Waals surface area (Å²) >= 11 is 6.26. The van der Waals surface area contributed by atoms with Crippen molar-refractivity contribution < 1.29 is 19.1 Å². The van der Waals surface area contributed by atoms with Crippen LogP contribution >= 0.6 is 11.6 Å². The summed E-state index contributed by atoms with van der Waals surface area (Å²) in [5.41, 5.74) is 1.34. The van der Waals surface area contributed by atoms with Gasteiger partial charge in [-0.25, -0.2) is 0 Å². The lowest BCUT2D eigenvalue weighted by Gasteiger charge is -2.37. The third kappa shape index (κ3) is 3.04. The lowest BCUT2D eigenvalue weighted by Crippen LogP contribution is -2.51. The highest BCUT2D eigenvalue weighted by atomic mass is 35.5. The van der Waals surface area contributed by atoms with E-state index in [0.29, 0.717) is 35.3 Å². The van der Waals surface area contributed by atoms with Gasteiger partial charge in [-0.15, -0.1) is 0 Å². The SMILES string of the molecule is Cc1oc(-c2ccccc2Cl)cc1C(=O)N1CCO[C@H]2C[C@H](CO)C[C@@H]21. The largest absolute Gasteiger partial charge is 0.460 e. The van der Waals surface area contributed by atoms with Gasteiger partial charge in [0.15, 0.2) is 0 Å². The Morgan fingerprint density at radius 1 is 1.35 bits per heavy atom. The van der Waals surface area contributed by atoms with E-state index in [-0.39, 0.29) is 30.6 Å². The highest BCUT2D eigenvalue weighted by Gasteiger charge is 2.43. The van der Waals surface area contributed by atoms with Gasteiger partial charge in [0.2, 0.25) is 0 Å². The summed E-state index contributed by atoms with van der Waals surface area (Å²) in [4.78, 5) is 15.1. The lowest BCUT2D eigenvalue weighted by molar-refractivity contribution is -0.0449. The Bertz CT molecular complexity index is 818. The molecule has 2 heterocycles. The predicted molar refractivity (Wildman–Crippen MR) is 98.3 cm³/mol. The van der Waals surface area contributed by atoms with Crippen molar-refractivity contribution in [3.63, 3.8) is 0 Å². The van der Waals surface area contributed by atoms with Crippen LogP contribution in [0.4, 0.5) is 0 Å². The Hall–Kier alpha value is -1.82. The molecule has 2 fully saturated rings. The van der Waals surface area contributed by atoms with Crippen LogP contribution in [0.2, 0.25) is 5.02 Å². The summed E-state index contributed by atoms with van der Waals surface area (Å²) < 4.78 is 11.7. The number of halogens is 1. The fourth-order valence-corrected chi connectivity index (χ4v) is 4.32. The van der Waals surface area contributed by atoms with Crippen LogP contribution in [0, 0.1) is 12.8 Å². The summed E-state index contributed by atoms with van der Waals surface area (Å²) in [6, 6.07) is 9.23. The average molecular weight is 376 g/mol. The van der Waals surface area contributed by atoms with Gasteiger partial charge in [-0.05, 0) is 43.9 Å². The molecule has 6 heteroatoms. The zero-order valence-corrected chi connectivity index (χ0v) is 15.4. The predicted octanol–water partition coefficient (Wildman–Crippen LogP) is 3.52. The normalized spacial score (nSPS) is 25.3. The van der Waals surface area contributed by atoms with E-state index in [0.717, 1.165) is 18.4 Å². The molecule has 0 radical (unpaired) electrons. The van der Waals surface area contributed by atoms with E-state index in [1.54, 1.807) is 19.1 Å². The molecule has 2 aliphatic rings. The van der Waals surface area contributed by atoms with E-state index < -0.39 is 0 Å². The number of hydrogen-bond donors (Lipinski definition) is 1. The molecule has 0 spiro atoms. The van der Waals surface area contributed by atoms with Crippen molar-refractivity contribution >= 4 is 17.5 Å². The minimum absolute atomic E-state index is 0.0140. The molecular formula is C20H22ClNO4. The first kappa shape index (κ1) is 17.6. The topological polar surface area (TPSA) is 62.9 Å². The molecule has 1 saturated carbocycles. The first-order valence-corrected chi connectivity index (χ1v) is 9.35. The molecule has 1 saturated heterocycles. The van der Waals surface area contributed by atoms with Gasteiger partial charge < -0.3 is 19.2 Å². The van der Waals surface area contributed by atoms with Gasteiger partial charge in [0.1, 0.15) is 11.5 Å². The van der Waals surface area contributed by atoms with Crippen molar-refractivity contribution in [2.75, 3.05) is 19.8 Å². The van der Waals surface area contributed by atoms with Gasteiger partial charge in [-0.2, -0.15) is 0 Å². The smallest absolute Gasteiger partial charge is 0.257 e. The van der Waals surface area contributed by atoms with Gasteiger partial charge in [-0.1, -0.05) is 23.7 Å². The molecule has 26 heavy (non-hydrogen) atoms. The Labute approximate surface area is 157 Å². The second kappa shape index (κ2) is 7.06. The van der Waals surface area contributed by atoms with Crippen LogP contribution in [0.15, 0.2) is 34.7 Å². The van der Waals surface area contributed by atoms with Crippen molar-refractivity contribution in [1.82, 2.24) is 4.90 Å². The number of carbonyl (C=O) groups is 1. The number of nitrogens with zero attached hydrogens (tertiary/aromatic N) is 1. The lowest BCUT2D eigenvalue weighted by atomic mass is 10.1. The summed E-state index contributed by atoms with van der Waals surface area (Å²) in [6.07, 6.45) is 1.60. The Balaban J connectivity index is 1.61. The quantitative estimate of drug-likeness (QED) is 0.891. The second-order valence-corrected chi connectivity index (χ2v) is 7.46. The number of rotatable bonds is 3. The first-order chi connectivity index (χ1) is 12.6. The standard InChI is InChI=1S/C20H22ClNO4/c1-12-15(10-18(26-12)14-4-2-3-5-16(14)21)20(24)22-6-7-25-19-9-13(11-23)8-17(19)22/h2-5,10,13,17,19,23H,6-9,11H2,1H3/t13-,17+,19+/m1/s1. The van der Waals surface area contributed by atoms with Crippen LogP contribution < -0.4 is 0 Å². The Morgan fingerprint density at radius 3 is 2.92 bits per heavy atom. The highest BCUT2D eigenvalue weighted by Crippen LogP contribution is 2.36. The van der Waals surface area contributed by atoms with Crippen molar-refractivity contribution in [2.45, 2.75) is 31.9 Å². The van der Waals surface area contributed by atoms with Crippen LogP contribution in [0.25, 0.3) is 11.3 Å². The van der Waals surface area contributed by atoms with E-state index in [9.17, 15) is 9.90 Å². The molecule has 3 atom stereocenters. The highest BCUT2D eigenvalue weighted by molar-refractivity contribution is 6.33. The molecule has 1 aliphatic heterocycles.